The number of carbonyl (C=O) groups excluding carboxylic acids is 1. The molecule has 0 radical (unpaired) electrons. The minimum absolute atomic E-state index is 0.129. The van der Waals surface area contributed by atoms with Crippen LogP contribution in [0.5, 0.6) is 6.01 Å². The summed E-state index contributed by atoms with van der Waals surface area (Å²) < 4.78 is 13.4. The van der Waals surface area contributed by atoms with Crippen LogP contribution in [0.4, 0.5) is 17.3 Å². The molecule has 0 spiro atoms. The lowest BCUT2D eigenvalue weighted by molar-refractivity contribution is -0.115. The number of nitrogens with two attached hydrogens (primary N) is 1. The average molecular weight is 412 g/mol. The number of likely N-dealkylation sites (tertiary alicyclic amines) is 1. The Kier molecular flexibility index (Phi) is 5.92. The van der Waals surface area contributed by atoms with Gasteiger partial charge in [0.05, 0.1) is 13.2 Å². The van der Waals surface area contributed by atoms with Crippen molar-refractivity contribution >= 4 is 23.2 Å². The average Bonchev–Trinajstić information content (AvgIpc) is 3.27. The van der Waals surface area contributed by atoms with Crippen LogP contribution in [0, 0.1) is 0 Å². The number of rotatable bonds is 8. The van der Waals surface area contributed by atoms with Crippen molar-refractivity contribution < 1.29 is 10.9 Å². The van der Waals surface area contributed by atoms with E-state index in [1.54, 1.807) is 0 Å². The number of ether oxygens (including phenoxy) is 1. The smallest absolute Gasteiger partial charge is 0.320 e. The molecule has 2 aliphatic rings. The molecule has 1 aromatic heterocycles. The third kappa shape index (κ3) is 4.81. The van der Waals surface area contributed by atoms with Gasteiger partial charge in [-0.05, 0) is 43.5 Å². The first-order valence-electron chi connectivity index (χ1n) is 11.2. The van der Waals surface area contributed by atoms with E-state index in [0.717, 1.165) is 12.1 Å². The van der Waals surface area contributed by atoms with Crippen LogP contribution in [-0.4, -0.2) is 47.0 Å². The van der Waals surface area contributed by atoms with Gasteiger partial charge in [-0.1, -0.05) is 37.6 Å². The van der Waals surface area contributed by atoms with E-state index in [2.05, 4.69) is 44.5 Å². The van der Waals surface area contributed by atoms with Gasteiger partial charge in [0.2, 0.25) is 5.91 Å². The topological polar surface area (TPSA) is 96.6 Å². The summed E-state index contributed by atoms with van der Waals surface area (Å²) in [5, 5.41) is 2.77. The second-order valence-corrected chi connectivity index (χ2v) is 7.80. The summed E-state index contributed by atoms with van der Waals surface area (Å²) in [4.78, 5) is 25.2. The van der Waals surface area contributed by atoms with Gasteiger partial charge in [-0.25, -0.2) is 0 Å². The Bertz CT molecular complexity index is 917. The highest BCUT2D eigenvalue weighted by Gasteiger charge is 2.27. The molecule has 1 fully saturated rings. The Labute approximate surface area is 178 Å². The van der Waals surface area contributed by atoms with Crippen LogP contribution in [0.2, 0.25) is 0 Å². The number of benzene rings is 1. The van der Waals surface area contributed by atoms with Crippen LogP contribution in [0.1, 0.15) is 45.1 Å². The SMILES string of the molecule is [2H][C@H](CC)COc1nc(N)c2c(n1)N(Cc1ccc(CN3CCCC3)cc1)CC(=O)N2. The van der Waals surface area contributed by atoms with Crippen molar-refractivity contribution in [2.75, 3.05) is 42.2 Å². The number of hydrogen-bond donors (Lipinski definition) is 2. The van der Waals surface area contributed by atoms with E-state index in [9.17, 15) is 4.79 Å². The van der Waals surface area contributed by atoms with E-state index in [1.807, 2.05) is 11.8 Å². The predicted octanol–water partition coefficient (Wildman–Crippen LogP) is 2.79. The van der Waals surface area contributed by atoms with Crippen LogP contribution in [0.15, 0.2) is 24.3 Å². The molecule has 30 heavy (non-hydrogen) atoms. The first kappa shape index (κ1) is 19.1. The minimum Gasteiger partial charge on any atom is -0.463 e. The fourth-order valence-electron chi connectivity index (χ4n) is 3.84. The summed E-state index contributed by atoms with van der Waals surface area (Å²) in [6.07, 6.45) is 2.89. The Morgan fingerprint density at radius 2 is 1.87 bits per heavy atom. The molecule has 1 saturated heterocycles. The molecule has 0 unspecified atom stereocenters. The van der Waals surface area contributed by atoms with Crippen LogP contribution < -0.4 is 20.7 Å². The van der Waals surface area contributed by atoms with Crippen molar-refractivity contribution in [3.8, 4) is 6.01 Å². The van der Waals surface area contributed by atoms with Crippen LogP contribution in [0.3, 0.4) is 0 Å². The Morgan fingerprint density at radius 3 is 2.57 bits per heavy atom. The van der Waals surface area contributed by atoms with Crippen molar-refractivity contribution in [1.29, 1.82) is 0 Å². The van der Waals surface area contributed by atoms with E-state index >= 15 is 0 Å². The molecular formula is C22H30N6O2. The summed E-state index contributed by atoms with van der Waals surface area (Å²) >= 11 is 0. The van der Waals surface area contributed by atoms with E-state index in [4.69, 9.17) is 11.8 Å². The molecule has 160 valence electrons. The standard InChI is InChI=1S/C22H30N6O2/c1-2-3-12-30-22-25-20(23)19-21(26-22)28(15-18(29)24-19)14-17-8-6-16(7-9-17)13-27-10-4-5-11-27/h6-9H,2-5,10-15H2,1H3,(H,24,29)(H2,23,25,26)/i3D/t3-/m1/s1. The van der Waals surface area contributed by atoms with Gasteiger partial charge in [-0.3, -0.25) is 9.69 Å². The quantitative estimate of drug-likeness (QED) is 0.689. The molecule has 3 N–H and O–H groups in total. The lowest BCUT2D eigenvalue weighted by Crippen LogP contribution is -2.39. The van der Waals surface area contributed by atoms with Crippen molar-refractivity contribution in [2.45, 2.75) is 45.7 Å². The normalized spacial score (nSPS) is 18.0. The zero-order chi connectivity index (χ0) is 21.8. The number of aromatic nitrogens is 2. The summed E-state index contributed by atoms with van der Waals surface area (Å²) in [7, 11) is 0. The largest absolute Gasteiger partial charge is 0.463 e. The fraction of sp³-hybridized carbons (Fsp3) is 0.500. The van der Waals surface area contributed by atoms with Crippen molar-refractivity contribution in [1.82, 2.24) is 14.9 Å². The van der Waals surface area contributed by atoms with E-state index in [-0.39, 0.29) is 37.3 Å². The number of nitrogen functional groups attached to an aromatic ring is 1. The molecule has 1 atom stereocenters. The molecule has 0 aliphatic carbocycles. The number of amides is 1. The minimum atomic E-state index is -0.351. The molecule has 1 amide bonds. The maximum Gasteiger partial charge on any atom is 0.320 e. The summed E-state index contributed by atoms with van der Waals surface area (Å²) in [5.41, 5.74) is 8.86. The third-order valence-corrected chi connectivity index (χ3v) is 5.42. The van der Waals surface area contributed by atoms with Gasteiger partial charge in [0.1, 0.15) is 5.69 Å². The third-order valence-electron chi connectivity index (χ3n) is 5.42. The van der Waals surface area contributed by atoms with Gasteiger partial charge >= 0.3 is 6.01 Å². The lowest BCUT2D eigenvalue weighted by atomic mass is 10.1. The first-order chi connectivity index (χ1) is 15.0. The van der Waals surface area contributed by atoms with Gasteiger partial charge in [-0.15, -0.1) is 0 Å². The molecule has 8 nitrogen and oxygen atoms in total. The van der Waals surface area contributed by atoms with Gasteiger partial charge in [-0.2, -0.15) is 9.97 Å². The zero-order valence-corrected chi connectivity index (χ0v) is 17.4. The van der Waals surface area contributed by atoms with Gasteiger partial charge in [0, 0.05) is 14.5 Å². The van der Waals surface area contributed by atoms with Crippen LogP contribution in [0.25, 0.3) is 0 Å². The van der Waals surface area contributed by atoms with Gasteiger partial charge in [0.25, 0.3) is 0 Å². The van der Waals surface area contributed by atoms with E-state index in [1.165, 1.54) is 31.5 Å². The van der Waals surface area contributed by atoms with Gasteiger partial charge < -0.3 is 20.7 Å². The second kappa shape index (κ2) is 9.30. The van der Waals surface area contributed by atoms with Crippen LogP contribution in [-0.2, 0) is 17.9 Å². The molecule has 0 saturated carbocycles. The van der Waals surface area contributed by atoms with E-state index < -0.39 is 0 Å². The lowest BCUT2D eigenvalue weighted by Gasteiger charge is -2.30. The van der Waals surface area contributed by atoms with Gasteiger partial charge in [0.15, 0.2) is 11.6 Å². The highest BCUT2D eigenvalue weighted by atomic mass is 16.5. The summed E-state index contributed by atoms with van der Waals surface area (Å²) in [5.74, 6) is 0.553. The summed E-state index contributed by atoms with van der Waals surface area (Å²) in [6, 6.07) is 8.64. The number of fused-ring (bicyclic) bond motifs is 1. The number of nitrogens with one attached hydrogen (secondary N) is 1. The maximum atomic E-state index is 12.2. The highest BCUT2D eigenvalue weighted by molar-refractivity contribution is 6.03. The molecule has 3 heterocycles. The second-order valence-electron chi connectivity index (χ2n) is 7.80. The van der Waals surface area contributed by atoms with Crippen molar-refractivity contribution in [3.63, 3.8) is 0 Å². The van der Waals surface area contributed by atoms with Crippen molar-refractivity contribution in [3.05, 3.63) is 35.4 Å². The van der Waals surface area contributed by atoms with Crippen LogP contribution >= 0.6 is 0 Å². The molecule has 0 bridgehead atoms. The molecule has 4 rings (SSSR count). The van der Waals surface area contributed by atoms with Crippen molar-refractivity contribution in [2.24, 2.45) is 0 Å². The predicted molar refractivity (Wildman–Crippen MR) is 117 cm³/mol. The number of nitrogens with zero attached hydrogens (tertiary/aromatic N) is 4. The molecule has 2 aromatic rings. The number of hydrogen-bond acceptors (Lipinski definition) is 7. The Balaban J connectivity index is 1.49. The first-order valence-corrected chi connectivity index (χ1v) is 10.6. The summed E-state index contributed by atoms with van der Waals surface area (Å²) in [6.45, 7) is 6.15. The number of anilines is 3. The van der Waals surface area contributed by atoms with E-state index in [0.29, 0.717) is 24.5 Å². The fourth-order valence-corrected chi connectivity index (χ4v) is 3.84. The Morgan fingerprint density at radius 1 is 1.17 bits per heavy atom. The zero-order valence-electron chi connectivity index (χ0n) is 18.4. The maximum absolute atomic E-state index is 12.2. The Hall–Kier alpha value is -2.87. The number of carbonyl (C=O) groups is 1. The highest BCUT2D eigenvalue weighted by Crippen LogP contribution is 2.34. The molecular weight excluding hydrogens is 380 g/mol. The molecule has 8 heteroatoms. The molecule has 2 aliphatic heterocycles. The monoisotopic (exact) mass is 411 g/mol. The molecule has 1 aromatic carbocycles.